The third-order valence-electron chi connectivity index (χ3n) is 2.58. The molecule has 0 atom stereocenters. The van der Waals surface area contributed by atoms with Gasteiger partial charge in [0.2, 0.25) is 0 Å². The highest BCUT2D eigenvalue weighted by Crippen LogP contribution is 2.21. The van der Waals surface area contributed by atoms with Gasteiger partial charge in [-0.1, -0.05) is 43.0 Å². The van der Waals surface area contributed by atoms with Crippen molar-refractivity contribution in [3.63, 3.8) is 0 Å². The number of hydrogen-bond donors (Lipinski definition) is 1. The first-order valence-electron chi connectivity index (χ1n) is 6.12. The first-order chi connectivity index (χ1) is 10.3. The lowest BCUT2D eigenvalue weighted by atomic mass is 10.1. The maximum absolute atomic E-state index is 11.7. The van der Waals surface area contributed by atoms with Crippen LogP contribution in [0.1, 0.15) is 5.69 Å². The van der Waals surface area contributed by atoms with E-state index in [2.05, 4.69) is 22.0 Å². The molecule has 1 aromatic heterocycles. The summed E-state index contributed by atoms with van der Waals surface area (Å²) in [6.45, 7) is 3.48. The van der Waals surface area contributed by atoms with Crippen LogP contribution in [0.15, 0.2) is 48.6 Å². The Morgan fingerprint density at radius 1 is 1.38 bits per heavy atom. The molecule has 2 rings (SSSR count). The molecule has 1 aromatic carbocycles. The van der Waals surface area contributed by atoms with Crippen LogP contribution in [0.5, 0.6) is 0 Å². The van der Waals surface area contributed by atoms with Crippen LogP contribution in [0.4, 0.5) is 0 Å². The van der Waals surface area contributed by atoms with Crippen LogP contribution >= 0.6 is 0 Å². The number of aromatic nitrogens is 3. The van der Waals surface area contributed by atoms with Crippen molar-refractivity contribution in [1.82, 2.24) is 15.4 Å². The van der Waals surface area contributed by atoms with Crippen molar-refractivity contribution in [2.75, 3.05) is 6.61 Å². The minimum atomic E-state index is -0.723. The molecule has 0 unspecified atom stereocenters. The van der Waals surface area contributed by atoms with E-state index in [-0.39, 0.29) is 12.2 Å². The Labute approximate surface area is 121 Å². The van der Waals surface area contributed by atoms with E-state index >= 15 is 0 Å². The van der Waals surface area contributed by atoms with Crippen molar-refractivity contribution in [2.24, 2.45) is 0 Å². The summed E-state index contributed by atoms with van der Waals surface area (Å²) in [6.07, 6.45) is 2.77. The minimum absolute atomic E-state index is 0.0439. The van der Waals surface area contributed by atoms with Gasteiger partial charge in [0, 0.05) is 5.56 Å². The number of esters is 1. The normalized spacial score (nSPS) is 10.7. The molecule has 1 heterocycles. The van der Waals surface area contributed by atoms with E-state index in [4.69, 9.17) is 10.00 Å². The van der Waals surface area contributed by atoms with E-state index in [0.717, 1.165) is 5.56 Å². The molecule has 104 valence electrons. The third-order valence-corrected chi connectivity index (χ3v) is 2.58. The van der Waals surface area contributed by atoms with Crippen molar-refractivity contribution >= 4 is 12.0 Å². The molecule has 0 aliphatic rings. The molecule has 6 heteroatoms. The molecule has 0 fully saturated rings. The van der Waals surface area contributed by atoms with Crippen molar-refractivity contribution in [3.05, 3.63) is 54.3 Å². The average Bonchev–Trinajstić information content (AvgIpc) is 2.99. The zero-order valence-electron chi connectivity index (χ0n) is 11.1. The molecule has 0 saturated heterocycles. The Bertz CT molecular complexity index is 711. The van der Waals surface area contributed by atoms with Gasteiger partial charge in [0.1, 0.15) is 29.6 Å². The first kappa shape index (κ1) is 14.2. The van der Waals surface area contributed by atoms with Gasteiger partial charge in [-0.2, -0.15) is 20.7 Å². The summed E-state index contributed by atoms with van der Waals surface area (Å²) in [5.74, 6) is -0.723. The highest BCUT2D eigenvalue weighted by molar-refractivity contribution is 5.98. The van der Waals surface area contributed by atoms with Crippen LogP contribution in [0.3, 0.4) is 0 Å². The lowest BCUT2D eigenvalue weighted by Crippen LogP contribution is -2.06. The number of hydrogen-bond acceptors (Lipinski definition) is 5. The molecule has 2 aromatic rings. The quantitative estimate of drug-likeness (QED) is 0.392. The van der Waals surface area contributed by atoms with Gasteiger partial charge in [0.05, 0.1) is 0 Å². The summed E-state index contributed by atoms with van der Waals surface area (Å²) in [7, 11) is 0. The van der Waals surface area contributed by atoms with E-state index in [1.54, 1.807) is 6.07 Å². The molecule has 0 bridgehead atoms. The second-order valence-electron chi connectivity index (χ2n) is 3.98. The number of carbonyl (C=O) groups is 1. The molecule has 0 saturated carbocycles. The number of benzene rings is 1. The monoisotopic (exact) mass is 280 g/mol. The smallest absolute Gasteiger partial charge is 0.349 e. The van der Waals surface area contributed by atoms with Gasteiger partial charge in [-0.05, 0) is 6.08 Å². The number of rotatable bonds is 5. The Kier molecular flexibility index (Phi) is 4.62. The predicted octanol–water partition coefficient (Wildman–Crippen LogP) is 2.11. The van der Waals surface area contributed by atoms with Gasteiger partial charge in [0.25, 0.3) is 0 Å². The van der Waals surface area contributed by atoms with Crippen molar-refractivity contribution in [3.8, 4) is 17.3 Å². The highest BCUT2D eigenvalue weighted by atomic mass is 16.5. The molecular weight excluding hydrogens is 268 g/mol. The van der Waals surface area contributed by atoms with Crippen LogP contribution < -0.4 is 0 Å². The molecule has 6 nitrogen and oxygen atoms in total. The minimum Gasteiger partial charge on any atom is -0.457 e. The third kappa shape index (κ3) is 3.42. The number of nitrogens with zero attached hydrogens (tertiary/aromatic N) is 3. The second kappa shape index (κ2) is 6.82. The molecule has 0 radical (unpaired) electrons. The van der Waals surface area contributed by atoms with Crippen molar-refractivity contribution in [2.45, 2.75) is 0 Å². The molecule has 0 aliphatic heterocycles. The number of aromatic amines is 1. The lowest BCUT2D eigenvalue weighted by molar-refractivity contribution is -0.137. The number of carbonyl (C=O) groups excluding carboxylic acids is 1. The number of nitriles is 1. The summed E-state index contributed by atoms with van der Waals surface area (Å²) < 4.78 is 4.83. The van der Waals surface area contributed by atoms with E-state index in [9.17, 15) is 4.79 Å². The Hall–Kier alpha value is -3.20. The van der Waals surface area contributed by atoms with Gasteiger partial charge in [-0.3, -0.25) is 0 Å². The summed E-state index contributed by atoms with van der Waals surface area (Å²) in [5, 5.41) is 19.5. The number of nitrogens with one attached hydrogen (secondary N) is 1. The van der Waals surface area contributed by atoms with E-state index in [0.29, 0.717) is 11.4 Å². The molecule has 21 heavy (non-hydrogen) atoms. The molecule has 1 N–H and O–H groups in total. The summed E-state index contributed by atoms with van der Waals surface area (Å²) in [5.41, 5.74) is 1.63. The topological polar surface area (TPSA) is 91.7 Å². The van der Waals surface area contributed by atoms with Gasteiger partial charge in [-0.25, -0.2) is 4.79 Å². The van der Waals surface area contributed by atoms with E-state index in [1.165, 1.54) is 12.2 Å². The number of H-pyrrole nitrogens is 1. The molecule has 0 spiro atoms. The summed E-state index contributed by atoms with van der Waals surface area (Å²) >= 11 is 0. The van der Waals surface area contributed by atoms with Gasteiger partial charge in [-0.15, -0.1) is 0 Å². The maximum atomic E-state index is 11.7. The average molecular weight is 280 g/mol. The van der Waals surface area contributed by atoms with Crippen LogP contribution in [-0.4, -0.2) is 28.0 Å². The van der Waals surface area contributed by atoms with Crippen LogP contribution in [0.2, 0.25) is 0 Å². The fourth-order valence-corrected chi connectivity index (χ4v) is 1.63. The summed E-state index contributed by atoms with van der Waals surface area (Å²) in [6, 6.07) is 11.1. The van der Waals surface area contributed by atoms with Crippen molar-refractivity contribution in [1.29, 1.82) is 5.26 Å². The highest BCUT2D eigenvalue weighted by Gasteiger charge is 2.14. The standard InChI is InChI=1S/C15H12N4O2/c1-2-8-21-15(20)12(10-16)9-13-14(18-19-17-13)11-6-4-3-5-7-11/h2-7,9H,1,8H2,(H,17,18,19)/b12-9-. The van der Waals surface area contributed by atoms with Gasteiger partial charge in [0.15, 0.2) is 0 Å². The van der Waals surface area contributed by atoms with E-state index < -0.39 is 5.97 Å². The fraction of sp³-hybridized carbons (Fsp3) is 0.0667. The SMILES string of the molecule is C=CCOC(=O)/C(C#N)=C\c1n[nH]nc1-c1ccccc1. The Morgan fingerprint density at radius 3 is 2.81 bits per heavy atom. The second-order valence-corrected chi connectivity index (χ2v) is 3.98. The van der Waals surface area contributed by atoms with Crippen molar-refractivity contribution < 1.29 is 9.53 Å². The summed E-state index contributed by atoms with van der Waals surface area (Å²) in [4.78, 5) is 11.7. The lowest BCUT2D eigenvalue weighted by Gasteiger charge is -2.00. The molecular formula is C15H12N4O2. The predicted molar refractivity (Wildman–Crippen MR) is 76.6 cm³/mol. The van der Waals surface area contributed by atoms with Gasteiger partial charge >= 0.3 is 5.97 Å². The first-order valence-corrected chi connectivity index (χ1v) is 6.12. The zero-order valence-corrected chi connectivity index (χ0v) is 11.1. The van der Waals surface area contributed by atoms with Crippen LogP contribution in [0.25, 0.3) is 17.3 Å². The largest absolute Gasteiger partial charge is 0.457 e. The van der Waals surface area contributed by atoms with Gasteiger partial charge < -0.3 is 4.74 Å². The fourth-order valence-electron chi connectivity index (χ4n) is 1.63. The molecule has 0 aliphatic carbocycles. The number of ether oxygens (including phenoxy) is 1. The maximum Gasteiger partial charge on any atom is 0.349 e. The Balaban J connectivity index is 2.33. The van der Waals surface area contributed by atoms with E-state index in [1.807, 2.05) is 30.3 Å². The van der Waals surface area contributed by atoms with Crippen LogP contribution in [-0.2, 0) is 9.53 Å². The molecule has 0 amide bonds. The Morgan fingerprint density at radius 2 is 2.14 bits per heavy atom. The zero-order chi connectivity index (χ0) is 15.1. The van der Waals surface area contributed by atoms with Crippen LogP contribution in [0, 0.1) is 11.3 Å².